The molecule has 2 aliphatic rings. The van der Waals surface area contributed by atoms with E-state index in [2.05, 4.69) is 41.3 Å². The third-order valence-electron chi connectivity index (χ3n) is 5.22. The van der Waals surface area contributed by atoms with Crippen molar-refractivity contribution in [3.05, 3.63) is 23.5 Å². The SMILES string of the molecule is CCNCc1cnc(C)cc1N1CCC[C@H]2CCCC[C@H]21. The van der Waals surface area contributed by atoms with Crippen molar-refractivity contribution in [3.8, 4) is 0 Å². The number of hydrogen-bond acceptors (Lipinski definition) is 3. The van der Waals surface area contributed by atoms with Crippen LogP contribution in [0.5, 0.6) is 0 Å². The Morgan fingerprint density at radius 1 is 1.24 bits per heavy atom. The van der Waals surface area contributed by atoms with Crippen molar-refractivity contribution >= 4 is 5.69 Å². The van der Waals surface area contributed by atoms with Gasteiger partial charge in [-0.3, -0.25) is 4.98 Å². The minimum absolute atomic E-state index is 0.773. The Morgan fingerprint density at radius 3 is 2.90 bits per heavy atom. The molecule has 2 atom stereocenters. The molecule has 0 spiro atoms. The maximum Gasteiger partial charge on any atom is 0.0448 e. The van der Waals surface area contributed by atoms with Crippen molar-refractivity contribution in [2.75, 3.05) is 18.0 Å². The van der Waals surface area contributed by atoms with Crippen LogP contribution < -0.4 is 10.2 Å². The minimum atomic E-state index is 0.773. The Hall–Kier alpha value is -1.09. The summed E-state index contributed by atoms with van der Waals surface area (Å²) in [4.78, 5) is 7.24. The lowest BCUT2D eigenvalue weighted by Gasteiger charge is -2.46. The van der Waals surface area contributed by atoms with E-state index in [1.165, 1.54) is 56.3 Å². The molecule has 1 saturated carbocycles. The van der Waals surface area contributed by atoms with E-state index in [0.29, 0.717) is 0 Å². The van der Waals surface area contributed by atoms with E-state index in [-0.39, 0.29) is 0 Å². The first-order valence-electron chi connectivity index (χ1n) is 8.72. The zero-order valence-corrected chi connectivity index (χ0v) is 13.6. The number of piperidine rings is 1. The predicted octanol–water partition coefficient (Wildman–Crippen LogP) is 3.66. The van der Waals surface area contributed by atoms with Crippen LogP contribution in [0.25, 0.3) is 0 Å². The van der Waals surface area contributed by atoms with Crippen molar-refractivity contribution in [3.63, 3.8) is 0 Å². The molecule has 116 valence electrons. The molecule has 1 saturated heterocycles. The van der Waals surface area contributed by atoms with E-state index in [1.54, 1.807) is 0 Å². The second-order valence-corrected chi connectivity index (χ2v) is 6.68. The summed E-state index contributed by atoms with van der Waals surface area (Å²) < 4.78 is 0. The minimum Gasteiger partial charge on any atom is -0.368 e. The summed E-state index contributed by atoms with van der Waals surface area (Å²) in [5.74, 6) is 0.924. The molecule has 0 radical (unpaired) electrons. The topological polar surface area (TPSA) is 28.2 Å². The van der Waals surface area contributed by atoms with Gasteiger partial charge in [0, 0.05) is 42.3 Å². The molecule has 0 amide bonds. The van der Waals surface area contributed by atoms with E-state index < -0.39 is 0 Å². The molecule has 2 heterocycles. The number of nitrogens with one attached hydrogen (secondary N) is 1. The smallest absolute Gasteiger partial charge is 0.0448 e. The molecular weight excluding hydrogens is 258 g/mol. The first-order chi connectivity index (χ1) is 10.3. The van der Waals surface area contributed by atoms with Gasteiger partial charge in [-0.2, -0.15) is 0 Å². The quantitative estimate of drug-likeness (QED) is 0.916. The van der Waals surface area contributed by atoms with Gasteiger partial charge in [-0.15, -0.1) is 0 Å². The number of aryl methyl sites for hydroxylation is 1. The molecule has 1 aromatic rings. The molecule has 21 heavy (non-hydrogen) atoms. The summed E-state index contributed by atoms with van der Waals surface area (Å²) in [6, 6.07) is 3.08. The number of nitrogens with zero attached hydrogens (tertiary/aromatic N) is 2. The molecule has 3 heteroatoms. The second-order valence-electron chi connectivity index (χ2n) is 6.68. The summed E-state index contributed by atoms with van der Waals surface area (Å²) >= 11 is 0. The third-order valence-corrected chi connectivity index (χ3v) is 5.22. The highest BCUT2D eigenvalue weighted by Crippen LogP contribution is 2.38. The van der Waals surface area contributed by atoms with E-state index in [4.69, 9.17) is 0 Å². The summed E-state index contributed by atoms with van der Waals surface area (Å²) in [5.41, 5.74) is 3.96. The number of fused-ring (bicyclic) bond motifs is 1. The molecule has 3 rings (SSSR count). The van der Waals surface area contributed by atoms with Gasteiger partial charge < -0.3 is 10.2 Å². The molecule has 1 N–H and O–H groups in total. The lowest BCUT2D eigenvalue weighted by atomic mass is 9.78. The monoisotopic (exact) mass is 287 g/mol. The molecule has 0 aromatic carbocycles. The van der Waals surface area contributed by atoms with Crippen LogP contribution in [0.3, 0.4) is 0 Å². The van der Waals surface area contributed by atoms with E-state index >= 15 is 0 Å². The van der Waals surface area contributed by atoms with Gasteiger partial charge in [0.25, 0.3) is 0 Å². The second kappa shape index (κ2) is 6.78. The van der Waals surface area contributed by atoms with Crippen LogP contribution in [0.2, 0.25) is 0 Å². The van der Waals surface area contributed by atoms with Gasteiger partial charge in [-0.1, -0.05) is 19.8 Å². The highest BCUT2D eigenvalue weighted by Gasteiger charge is 2.34. The fourth-order valence-corrected chi connectivity index (χ4v) is 4.16. The van der Waals surface area contributed by atoms with Gasteiger partial charge in [0.15, 0.2) is 0 Å². The molecule has 0 bridgehead atoms. The van der Waals surface area contributed by atoms with Crippen LogP contribution >= 0.6 is 0 Å². The molecule has 2 fully saturated rings. The van der Waals surface area contributed by atoms with E-state index in [0.717, 1.165) is 30.7 Å². The average Bonchev–Trinajstić information content (AvgIpc) is 2.53. The molecular formula is C18H29N3. The zero-order valence-electron chi connectivity index (χ0n) is 13.6. The molecule has 0 unspecified atom stereocenters. The van der Waals surface area contributed by atoms with Crippen LogP contribution in [0, 0.1) is 12.8 Å². The molecule has 1 aliphatic heterocycles. The van der Waals surface area contributed by atoms with Crippen LogP contribution in [0.15, 0.2) is 12.3 Å². The zero-order chi connectivity index (χ0) is 14.7. The lowest BCUT2D eigenvalue weighted by molar-refractivity contribution is 0.243. The normalized spacial score (nSPS) is 25.7. The number of anilines is 1. The lowest BCUT2D eigenvalue weighted by Crippen LogP contribution is -2.47. The summed E-state index contributed by atoms with van der Waals surface area (Å²) in [7, 11) is 0. The van der Waals surface area contributed by atoms with Crippen molar-refractivity contribution in [1.29, 1.82) is 0 Å². The fourth-order valence-electron chi connectivity index (χ4n) is 4.16. The number of aromatic nitrogens is 1. The largest absolute Gasteiger partial charge is 0.368 e. The molecule has 1 aromatic heterocycles. The summed E-state index contributed by atoms with van der Waals surface area (Å²) in [5, 5.41) is 3.47. The van der Waals surface area contributed by atoms with Crippen LogP contribution in [0.4, 0.5) is 5.69 Å². The van der Waals surface area contributed by atoms with Crippen LogP contribution in [-0.4, -0.2) is 24.1 Å². The summed E-state index contributed by atoms with van der Waals surface area (Å²) in [6.07, 6.45) is 10.5. The Labute approximate surface area is 129 Å². The van der Waals surface area contributed by atoms with Gasteiger partial charge in [0.1, 0.15) is 0 Å². The molecule has 1 aliphatic carbocycles. The predicted molar refractivity (Wildman–Crippen MR) is 88.7 cm³/mol. The van der Waals surface area contributed by atoms with Crippen molar-refractivity contribution < 1.29 is 0 Å². The third kappa shape index (κ3) is 3.23. The molecule has 3 nitrogen and oxygen atoms in total. The average molecular weight is 287 g/mol. The Balaban J connectivity index is 1.88. The van der Waals surface area contributed by atoms with Crippen molar-refractivity contribution in [2.24, 2.45) is 5.92 Å². The number of pyridine rings is 1. The number of hydrogen-bond donors (Lipinski definition) is 1. The van der Waals surface area contributed by atoms with Crippen LogP contribution in [-0.2, 0) is 6.54 Å². The Morgan fingerprint density at radius 2 is 2.05 bits per heavy atom. The Bertz CT molecular complexity index is 470. The van der Waals surface area contributed by atoms with Gasteiger partial charge in [-0.05, 0) is 51.1 Å². The Kier molecular flexibility index (Phi) is 4.79. The van der Waals surface area contributed by atoms with Gasteiger partial charge >= 0.3 is 0 Å². The van der Waals surface area contributed by atoms with Gasteiger partial charge in [0.2, 0.25) is 0 Å². The highest BCUT2D eigenvalue weighted by molar-refractivity contribution is 5.55. The van der Waals surface area contributed by atoms with Crippen LogP contribution in [0.1, 0.15) is 56.7 Å². The van der Waals surface area contributed by atoms with Crippen molar-refractivity contribution in [1.82, 2.24) is 10.3 Å². The first kappa shape index (κ1) is 14.8. The van der Waals surface area contributed by atoms with E-state index in [9.17, 15) is 0 Å². The number of rotatable bonds is 4. The van der Waals surface area contributed by atoms with E-state index in [1.807, 2.05) is 0 Å². The standard InChI is InChI=1S/C18H29N3/c1-3-19-12-16-13-20-14(2)11-18(16)21-10-6-8-15-7-4-5-9-17(15)21/h11,13,15,17,19H,3-10,12H2,1-2H3/t15-,17-/m1/s1. The van der Waals surface area contributed by atoms with Gasteiger partial charge in [-0.25, -0.2) is 0 Å². The van der Waals surface area contributed by atoms with Gasteiger partial charge in [0.05, 0.1) is 0 Å². The maximum atomic E-state index is 4.52. The highest BCUT2D eigenvalue weighted by atomic mass is 15.2. The summed E-state index contributed by atoms with van der Waals surface area (Å²) in [6.45, 7) is 7.46. The maximum absolute atomic E-state index is 4.52. The fraction of sp³-hybridized carbons (Fsp3) is 0.722. The van der Waals surface area contributed by atoms with Crippen molar-refractivity contribution in [2.45, 2.75) is 65.0 Å². The first-order valence-corrected chi connectivity index (χ1v) is 8.72.